The zero-order chi connectivity index (χ0) is 15.8. The number of nitrogens with one attached hydrogen (secondary N) is 2. The molecule has 0 aliphatic rings. The maximum absolute atomic E-state index is 12.3. The van der Waals surface area contributed by atoms with Crippen LogP contribution in [0.3, 0.4) is 0 Å². The van der Waals surface area contributed by atoms with E-state index in [9.17, 15) is 9.90 Å². The molecule has 0 spiro atoms. The van der Waals surface area contributed by atoms with Crippen molar-refractivity contribution in [3.8, 4) is 5.88 Å². The van der Waals surface area contributed by atoms with Gasteiger partial charge in [0.15, 0.2) is 5.69 Å². The average molecular weight is 304 g/mol. The molecule has 1 amide bonds. The molecule has 2 aromatic heterocycles. The molecule has 0 aliphatic heterocycles. The lowest BCUT2D eigenvalue weighted by Gasteiger charge is -1.93. The van der Waals surface area contributed by atoms with Gasteiger partial charge in [-0.3, -0.25) is 4.79 Å². The maximum atomic E-state index is 12.3. The lowest BCUT2D eigenvalue weighted by atomic mass is 10.2. The van der Waals surface area contributed by atoms with Crippen molar-refractivity contribution in [1.29, 1.82) is 0 Å². The molecule has 0 saturated heterocycles. The molecule has 0 radical (unpaired) electrons. The number of carbonyl (C=O) groups excluding carboxylic acids is 1. The topological polar surface area (TPSA) is 93.6 Å². The summed E-state index contributed by atoms with van der Waals surface area (Å²) in [6, 6.07) is 14.8. The van der Waals surface area contributed by atoms with Crippen LogP contribution in [0.4, 0.5) is 5.69 Å². The van der Waals surface area contributed by atoms with Crippen LogP contribution in [-0.2, 0) is 0 Å². The lowest BCUT2D eigenvalue weighted by molar-refractivity contribution is 0.0996. The Labute approximate surface area is 130 Å². The highest BCUT2D eigenvalue weighted by Gasteiger charge is 2.13. The number of para-hydroxylation sites is 2. The molecule has 0 bridgehead atoms. The molecule has 2 heterocycles. The molecule has 0 fully saturated rings. The first kappa shape index (κ1) is 13.3. The Morgan fingerprint density at radius 2 is 1.65 bits per heavy atom. The molecule has 23 heavy (non-hydrogen) atoms. The number of aromatic hydroxyl groups is 1. The zero-order valence-corrected chi connectivity index (χ0v) is 11.9. The van der Waals surface area contributed by atoms with Crippen molar-refractivity contribution in [2.45, 2.75) is 0 Å². The van der Waals surface area contributed by atoms with E-state index in [4.69, 9.17) is 0 Å². The van der Waals surface area contributed by atoms with E-state index in [0.717, 1.165) is 16.4 Å². The van der Waals surface area contributed by atoms with Gasteiger partial charge in [0, 0.05) is 22.5 Å². The van der Waals surface area contributed by atoms with Crippen LogP contribution in [-0.4, -0.2) is 21.0 Å². The molecule has 6 heteroatoms. The van der Waals surface area contributed by atoms with Gasteiger partial charge in [-0.2, -0.15) is 0 Å². The number of hydrogen-bond donors (Lipinski definition) is 3. The minimum atomic E-state index is -0.466. The average Bonchev–Trinajstić information content (AvgIpc) is 3.13. The fraction of sp³-hybridized carbons (Fsp3) is 0. The smallest absolute Gasteiger partial charge is 0.297 e. The summed E-state index contributed by atoms with van der Waals surface area (Å²) in [6.07, 6.45) is 1.61. The zero-order valence-electron chi connectivity index (χ0n) is 11.9. The molecular formula is C17H12N4O2. The van der Waals surface area contributed by atoms with Crippen LogP contribution < -0.4 is 0 Å². The first-order valence-corrected chi connectivity index (χ1v) is 7.06. The summed E-state index contributed by atoms with van der Waals surface area (Å²) in [5, 5.41) is 19.1. The Kier molecular flexibility index (Phi) is 2.94. The standard InChI is InChI=1S/C17H12N4O2/c22-16(12-9-18-13-7-3-1-5-10(12)13)21-20-15-11-6-2-4-8-14(11)19-17(15)23/h1-9,18-19,23H. The normalized spacial score (nSPS) is 11.7. The molecule has 4 aromatic rings. The first-order valence-electron chi connectivity index (χ1n) is 7.06. The van der Waals surface area contributed by atoms with E-state index in [1.807, 2.05) is 42.5 Å². The Bertz CT molecular complexity index is 1060. The highest BCUT2D eigenvalue weighted by atomic mass is 16.3. The first-order chi connectivity index (χ1) is 11.2. The summed E-state index contributed by atoms with van der Waals surface area (Å²) in [5.74, 6) is -0.575. The predicted molar refractivity (Wildman–Crippen MR) is 87.1 cm³/mol. The summed E-state index contributed by atoms with van der Waals surface area (Å²) < 4.78 is 0. The molecular weight excluding hydrogens is 292 g/mol. The Morgan fingerprint density at radius 3 is 2.48 bits per heavy atom. The summed E-state index contributed by atoms with van der Waals surface area (Å²) >= 11 is 0. The fourth-order valence-corrected chi connectivity index (χ4v) is 2.61. The monoisotopic (exact) mass is 304 g/mol. The molecule has 112 valence electrons. The third-order valence-corrected chi connectivity index (χ3v) is 3.72. The molecule has 0 aliphatic carbocycles. The van der Waals surface area contributed by atoms with Gasteiger partial charge in [-0.15, -0.1) is 10.2 Å². The lowest BCUT2D eigenvalue weighted by Crippen LogP contribution is -1.91. The van der Waals surface area contributed by atoms with E-state index >= 15 is 0 Å². The number of carbonyl (C=O) groups is 1. The molecule has 0 atom stereocenters. The number of amides is 1. The van der Waals surface area contributed by atoms with Gasteiger partial charge < -0.3 is 15.1 Å². The summed E-state index contributed by atoms with van der Waals surface area (Å²) in [4.78, 5) is 18.1. The van der Waals surface area contributed by atoms with Crippen molar-refractivity contribution in [2.24, 2.45) is 10.2 Å². The van der Waals surface area contributed by atoms with Gasteiger partial charge in [-0.1, -0.05) is 36.4 Å². The van der Waals surface area contributed by atoms with Crippen molar-refractivity contribution < 1.29 is 9.90 Å². The van der Waals surface area contributed by atoms with Crippen molar-refractivity contribution in [2.75, 3.05) is 0 Å². The third-order valence-electron chi connectivity index (χ3n) is 3.72. The van der Waals surface area contributed by atoms with Gasteiger partial charge >= 0.3 is 0 Å². The summed E-state index contributed by atoms with van der Waals surface area (Å²) in [6.45, 7) is 0. The van der Waals surface area contributed by atoms with Crippen LogP contribution in [0.15, 0.2) is 65.0 Å². The van der Waals surface area contributed by atoms with E-state index in [-0.39, 0.29) is 11.6 Å². The predicted octanol–water partition coefficient (Wildman–Crippen LogP) is 4.28. The molecule has 4 rings (SSSR count). The van der Waals surface area contributed by atoms with Gasteiger partial charge in [0.2, 0.25) is 5.88 Å². The third kappa shape index (κ3) is 2.17. The number of aromatic amines is 2. The van der Waals surface area contributed by atoms with E-state index in [0.29, 0.717) is 10.9 Å². The van der Waals surface area contributed by atoms with Gasteiger partial charge in [-0.05, 0) is 12.1 Å². The Hall–Kier alpha value is -3.41. The van der Waals surface area contributed by atoms with Crippen LogP contribution in [0.5, 0.6) is 5.88 Å². The van der Waals surface area contributed by atoms with Gasteiger partial charge in [0.25, 0.3) is 5.91 Å². The molecule has 0 saturated carbocycles. The van der Waals surface area contributed by atoms with Gasteiger partial charge in [-0.25, -0.2) is 0 Å². The number of benzene rings is 2. The van der Waals surface area contributed by atoms with Crippen LogP contribution in [0.1, 0.15) is 10.4 Å². The Morgan fingerprint density at radius 1 is 0.957 bits per heavy atom. The van der Waals surface area contributed by atoms with E-state index in [2.05, 4.69) is 20.2 Å². The second-order valence-corrected chi connectivity index (χ2v) is 5.12. The SMILES string of the molecule is O=C(N=Nc1c(O)[nH]c2ccccc12)c1c[nH]c2ccccc12. The number of rotatable bonds is 2. The van der Waals surface area contributed by atoms with Crippen molar-refractivity contribution in [3.63, 3.8) is 0 Å². The van der Waals surface area contributed by atoms with Crippen molar-refractivity contribution in [1.82, 2.24) is 9.97 Å². The van der Waals surface area contributed by atoms with Crippen molar-refractivity contribution in [3.05, 3.63) is 60.3 Å². The molecule has 0 unspecified atom stereocenters. The molecule has 3 N–H and O–H groups in total. The van der Waals surface area contributed by atoms with Crippen LogP contribution >= 0.6 is 0 Å². The van der Waals surface area contributed by atoms with Gasteiger partial charge in [0.05, 0.1) is 11.1 Å². The van der Waals surface area contributed by atoms with E-state index in [1.165, 1.54) is 0 Å². The molecule has 2 aromatic carbocycles. The molecule has 6 nitrogen and oxygen atoms in total. The number of H-pyrrole nitrogens is 2. The van der Waals surface area contributed by atoms with Gasteiger partial charge in [0.1, 0.15) is 0 Å². The van der Waals surface area contributed by atoms with Crippen LogP contribution in [0.2, 0.25) is 0 Å². The van der Waals surface area contributed by atoms with E-state index in [1.54, 1.807) is 12.3 Å². The number of aromatic nitrogens is 2. The quantitative estimate of drug-likeness (QED) is 0.482. The fourth-order valence-electron chi connectivity index (χ4n) is 2.61. The number of fused-ring (bicyclic) bond motifs is 2. The highest BCUT2D eigenvalue weighted by Crippen LogP contribution is 2.35. The van der Waals surface area contributed by atoms with Crippen LogP contribution in [0, 0.1) is 0 Å². The van der Waals surface area contributed by atoms with E-state index < -0.39 is 5.91 Å². The van der Waals surface area contributed by atoms with Crippen LogP contribution in [0.25, 0.3) is 21.8 Å². The second kappa shape index (κ2) is 5.10. The highest BCUT2D eigenvalue weighted by molar-refractivity contribution is 6.07. The Balaban J connectivity index is 1.73. The number of hydrogen-bond acceptors (Lipinski definition) is 3. The largest absolute Gasteiger partial charge is 0.493 e. The second-order valence-electron chi connectivity index (χ2n) is 5.12. The minimum Gasteiger partial charge on any atom is -0.493 e. The number of azo groups is 1. The summed E-state index contributed by atoms with van der Waals surface area (Å²) in [7, 11) is 0. The minimum absolute atomic E-state index is 0.110. The number of nitrogens with zero attached hydrogens (tertiary/aromatic N) is 2. The van der Waals surface area contributed by atoms with Crippen molar-refractivity contribution >= 4 is 33.4 Å². The summed E-state index contributed by atoms with van der Waals surface area (Å²) in [5.41, 5.74) is 2.30. The maximum Gasteiger partial charge on any atom is 0.297 e.